The molecule has 0 radical (unpaired) electrons. The molecule has 0 spiro atoms. The van der Waals surface area contributed by atoms with Crippen LogP contribution in [0.4, 0.5) is 5.69 Å². The number of likely N-dealkylation sites (N-methyl/N-ethyl adjacent to an activating group) is 1. The van der Waals surface area contributed by atoms with E-state index in [1.165, 1.54) is 26.0 Å². The molecular weight excluding hydrogens is 252 g/mol. The molecule has 2 N–H and O–H groups in total. The fourth-order valence-electron chi connectivity index (χ4n) is 1.27. The SMILES string of the molecule is Cl.[2H]C([2H])(C)N(CCOC(=O)c1ccc(N)cc1)C([2H])([2H])C. The van der Waals surface area contributed by atoms with Gasteiger partial charge in [-0.3, -0.25) is 0 Å². The number of hydrogen-bond acceptors (Lipinski definition) is 4. The molecule has 1 aromatic carbocycles. The van der Waals surface area contributed by atoms with Crippen molar-refractivity contribution in [1.29, 1.82) is 0 Å². The molecular formula is C13H21ClN2O2. The maximum atomic E-state index is 11.8. The number of halogens is 1. The van der Waals surface area contributed by atoms with Gasteiger partial charge < -0.3 is 15.4 Å². The number of nitrogens with zero attached hydrogens (tertiary/aromatic N) is 1. The number of nitrogen functional groups attached to an aromatic ring is 1. The zero-order valence-electron chi connectivity index (χ0n) is 14.5. The Morgan fingerprint density at radius 2 is 1.89 bits per heavy atom. The number of benzene rings is 1. The molecule has 1 rings (SSSR count). The van der Waals surface area contributed by atoms with Crippen LogP contribution in [0.25, 0.3) is 0 Å². The lowest BCUT2D eigenvalue weighted by Crippen LogP contribution is -2.27. The van der Waals surface area contributed by atoms with Crippen LogP contribution in [0.5, 0.6) is 0 Å². The van der Waals surface area contributed by atoms with E-state index in [0.717, 1.165) is 4.90 Å². The van der Waals surface area contributed by atoms with Crippen molar-refractivity contribution in [2.45, 2.75) is 13.8 Å². The van der Waals surface area contributed by atoms with E-state index >= 15 is 0 Å². The van der Waals surface area contributed by atoms with Gasteiger partial charge in [0.05, 0.1) is 5.56 Å². The molecule has 0 unspecified atom stereocenters. The van der Waals surface area contributed by atoms with Gasteiger partial charge in [-0.2, -0.15) is 0 Å². The number of carbonyl (C=O) groups is 1. The Morgan fingerprint density at radius 3 is 2.39 bits per heavy atom. The summed E-state index contributed by atoms with van der Waals surface area (Å²) in [5.41, 5.74) is 6.40. The summed E-state index contributed by atoms with van der Waals surface area (Å²) >= 11 is 0. The molecule has 0 aliphatic carbocycles. The lowest BCUT2D eigenvalue weighted by molar-refractivity contribution is 0.0466. The van der Waals surface area contributed by atoms with Crippen molar-refractivity contribution < 1.29 is 15.0 Å². The molecule has 0 aliphatic rings. The quantitative estimate of drug-likeness (QED) is 0.639. The summed E-state index contributed by atoms with van der Waals surface area (Å²) in [6.45, 7) is -1.35. The average molecular weight is 277 g/mol. The fourth-order valence-corrected chi connectivity index (χ4v) is 1.27. The van der Waals surface area contributed by atoms with E-state index in [-0.39, 0.29) is 25.6 Å². The van der Waals surface area contributed by atoms with Crippen molar-refractivity contribution >= 4 is 24.1 Å². The van der Waals surface area contributed by atoms with Gasteiger partial charge in [0.1, 0.15) is 6.61 Å². The van der Waals surface area contributed by atoms with Crippen molar-refractivity contribution in [2.24, 2.45) is 0 Å². The Bertz CT molecular complexity index is 472. The van der Waals surface area contributed by atoms with Crippen LogP contribution in [-0.4, -0.2) is 37.0 Å². The summed E-state index contributed by atoms with van der Waals surface area (Å²) in [4.78, 5) is 12.8. The van der Waals surface area contributed by atoms with Gasteiger partial charge in [-0.1, -0.05) is 13.8 Å². The Morgan fingerprint density at radius 1 is 1.33 bits per heavy atom. The molecule has 18 heavy (non-hydrogen) atoms. The predicted octanol–water partition coefficient (Wildman–Crippen LogP) is 2.19. The van der Waals surface area contributed by atoms with E-state index in [1.807, 2.05) is 0 Å². The van der Waals surface area contributed by atoms with Gasteiger partial charge in [-0.05, 0) is 37.3 Å². The largest absolute Gasteiger partial charge is 0.461 e. The number of nitrogens with two attached hydrogens (primary N) is 1. The average Bonchev–Trinajstić information content (AvgIpc) is 2.32. The first-order valence-electron chi connectivity index (χ1n) is 7.32. The third kappa shape index (κ3) is 5.38. The van der Waals surface area contributed by atoms with Crippen LogP contribution >= 0.6 is 12.4 Å². The Hall–Kier alpha value is -1.26. The molecule has 0 saturated heterocycles. The van der Waals surface area contributed by atoms with Crippen LogP contribution in [-0.2, 0) is 4.74 Å². The van der Waals surface area contributed by atoms with Crippen LogP contribution in [0, 0.1) is 0 Å². The zero-order chi connectivity index (χ0) is 16.3. The summed E-state index contributed by atoms with van der Waals surface area (Å²) in [7, 11) is 0. The maximum Gasteiger partial charge on any atom is 0.338 e. The highest BCUT2D eigenvalue weighted by Crippen LogP contribution is 2.06. The van der Waals surface area contributed by atoms with Gasteiger partial charge in [-0.15, -0.1) is 12.4 Å². The van der Waals surface area contributed by atoms with Crippen LogP contribution in [0.3, 0.4) is 0 Å². The first kappa shape index (κ1) is 10.6. The molecule has 4 nitrogen and oxygen atoms in total. The lowest BCUT2D eigenvalue weighted by Gasteiger charge is -2.17. The monoisotopic (exact) mass is 276 g/mol. The minimum atomic E-state index is -1.86. The number of carbonyl (C=O) groups excluding carboxylic acids is 1. The maximum absolute atomic E-state index is 11.8. The molecule has 0 atom stereocenters. The van der Waals surface area contributed by atoms with Gasteiger partial charge in [0.25, 0.3) is 0 Å². The van der Waals surface area contributed by atoms with Gasteiger partial charge in [0.15, 0.2) is 0 Å². The smallest absolute Gasteiger partial charge is 0.338 e. The standard InChI is InChI=1S/C13H20N2O2.ClH/c1-3-15(4-2)9-10-17-13(16)11-5-7-12(14)8-6-11;/h5-8H,3-4,9-10,14H2,1-2H3;1H/i3D2,4D2;. The summed E-state index contributed by atoms with van der Waals surface area (Å²) < 4.78 is 35.5. The van der Waals surface area contributed by atoms with Crippen LogP contribution in [0.1, 0.15) is 29.7 Å². The van der Waals surface area contributed by atoms with Crippen molar-refractivity contribution in [2.75, 3.05) is 31.9 Å². The second kappa shape index (κ2) is 8.78. The lowest BCUT2D eigenvalue weighted by atomic mass is 10.2. The second-order valence-corrected chi connectivity index (χ2v) is 3.36. The zero-order valence-corrected chi connectivity index (χ0v) is 11.3. The summed E-state index contributed by atoms with van der Waals surface area (Å²) in [5, 5.41) is 0. The van der Waals surface area contributed by atoms with Gasteiger partial charge >= 0.3 is 5.97 Å². The van der Waals surface area contributed by atoms with Gasteiger partial charge in [0, 0.05) is 17.7 Å². The van der Waals surface area contributed by atoms with Crippen molar-refractivity contribution in [3.63, 3.8) is 0 Å². The van der Waals surface area contributed by atoms with Crippen molar-refractivity contribution in [3.05, 3.63) is 29.8 Å². The van der Waals surface area contributed by atoms with E-state index in [2.05, 4.69) is 0 Å². The molecule has 102 valence electrons. The van der Waals surface area contributed by atoms with Crippen molar-refractivity contribution in [1.82, 2.24) is 4.90 Å². The first-order valence-corrected chi connectivity index (χ1v) is 5.32. The third-order valence-corrected chi connectivity index (χ3v) is 2.23. The number of hydrogen-bond donors (Lipinski definition) is 1. The van der Waals surface area contributed by atoms with Crippen molar-refractivity contribution in [3.8, 4) is 0 Å². The molecule has 0 aliphatic heterocycles. The normalized spacial score (nSPS) is 14.8. The van der Waals surface area contributed by atoms with E-state index in [4.69, 9.17) is 16.0 Å². The molecule has 0 saturated carbocycles. The van der Waals surface area contributed by atoms with Gasteiger partial charge in [0.2, 0.25) is 0 Å². The van der Waals surface area contributed by atoms with Crippen LogP contribution in [0.15, 0.2) is 24.3 Å². The third-order valence-electron chi connectivity index (χ3n) is 2.23. The fraction of sp³-hybridized carbons (Fsp3) is 0.462. The molecule has 0 heterocycles. The highest BCUT2D eigenvalue weighted by molar-refractivity contribution is 5.89. The minimum Gasteiger partial charge on any atom is -0.461 e. The second-order valence-electron chi connectivity index (χ2n) is 3.36. The molecule has 1 aromatic rings. The molecule has 0 bridgehead atoms. The van der Waals surface area contributed by atoms with Gasteiger partial charge in [-0.25, -0.2) is 4.79 Å². The number of anilines is 1. The number of ether oxygens (including phenoxy) is 1. The minimum absolute atomic E-state index is 0. The highest BCUT2D eigenvalue weighted by atomic mass is 35.5. The first-order chi connectivity index (χ1) is 9.51. The van der Waals surface area contributed by atoms with E-state index in [0.29, 0.717) is 11.3 Å². The van der Waals surface area contributed by atoms with E-state index in [1.54, 1.807) is 12.1 Å². The Balaban J connectivity index is 0.00000441. The summed E-state index contributed by atoms with van der Waals surface area (Å²) in [6, 6.07) is 6.23. The van der Waals surface area contributed by atoms with E-state index < -0.39 is 19.0 Å². The number of esters is 1. The highest BCUT2D eigenvalue weighted by Gasteiger charge is 2.07. The molecule has 0 fully saturated rings. The molecule has 0 amide bonds. The van der Waals surface area contributed by atoms with Crippen LogP contribution in [0.2, 0.25) is 0 Å². The number of rotatable bonds is 6. The summed E-state index contributed by atoms with van der Waals surface area (Å²) in [6.07, 6.45) is 0. The van der Waals surface area contributed by atoms with E-state index in [9.17, 15) is 4.79 Å². The topological polar surface area (TPSA) is 55.6 Å². The molecule has 5 heteroatoms. The Kier molecular flexibility index (Phi) is 5.19. The predicted molar refractivity (Wildman–Crippen MR) is 76.2 cm³/mol. The molecule has 0 aromatic heterocycles. The summed E-state index contributed by atoms with van der Waals surface area (Å²) in [5.74, 6) is -0.553. The van der Waals surface area contributed by atoms with Crippen LogP contribution < -0.4 is 5.73 Å². The Labute approximate surface area is 120 Å².